The van der Waals surface area contributed by atoms with Crippen molar-refractivity contribution in [3.05, 3.63) is 71.3 Å². The van der Waals surface area contributed by atoms with Crippen molar-refractivity contribution >= 4 is 29.9 Å². The molecule has 6 heteroatoms. The van der Waals surface area contributed by atoms with Gasteiger partial charge in [0.2, 0.25) is 0 Å². The van der Waals surface area contributed by atoms with Gasteiger partial charge in [-0.3, -0.25) is 0 Å². The van der Waals surface area contributed by atoms with E-state index in [1.54, 1.807) is 0 Å². The molecule has 0 saturated carbocycles. The number of nitrogens with zero attached hydrogens (tertiary/aromatic N) is 1. The Hall–Kier alpha value is -1.64. The zero-order chi connectivity index (χ0) is 20.2. The van der Waals surface area contributed by atoms with Crippen LogP contribution >= 0.6 is 24.0 Å². The number of aliphatic imine (C=N–C) groups is 1. The van der Waals surface area contributed by atoms with E-state index in [0.717, 1.165) is 23.6 Å². The molecule has 0 aliphatic heterocycles. The Bertz CT molecular complexity index is 706. The first-order chi connectivity index (χ1) is 13.6. The zero-order valence-electron chi connectivity index (χ0n) is 17.6. The highest BCUT2D eigenvalue weighted by Crippen LogP contribution is 2.14. The van der Waals surface area contributed by atoms with Crippen LogP contribution < -0.4 is 10.6 Å². The fraction of sp³-hybridized carbons (Fsp3) is 0.435. The molecule has 0 spiro atoms. The average molecular weight is 511 g/mol. The third-order valence-corrected chi connectivity index (χ3v) is 4.26. The minimum Gasteiger partial charge on any atom is -0.388 e. The first kappa shape index (κ1) is 25.4. The monoisotopic (exact) mass is 511 g/mol. The predicted molar refractivity (Wildman–Crippen MR) is 131 cm³/mol. The Morgan fingerprint density at radius 2 is 1.66 bits per heavy atom. The summed E-state index contributed by atoms with van der Waals surface area (Å²) in [5.74, 6) is 0.759. The number of nitrogens with one attached hydrogen (secondary N) is 2. The van der Waals surface area contributed by atoms with Gasteiger partial charge in [0.25, 0.3) is 0 Å². The number of aliphatic hydroxyl groups excluding tert-OH is 1. The normalized spacial score (nSPS) is 12.4. The second kappa shape index (κ2) is 14.4. The highest BCUT2D eigenvalue weighted by atomic mass is 127. The summed E-state index contributed by atoms with van der Waals surface area (Å²) in [5.41, 5.74) is 3.25. The molecule has 29 heavy (non-hydrogen) atoms. The molecule has 1 atom stereocenters. The largest absolute Gasteiger partial charge is 0.388 e. The molecule has 2 aromatic rings. The van der Waals surface area contributed by atoms with Gasteiger partial charge in [-0.1, -0.05) is 54.6 Å². The number of guanidine groups is 1. The SMILES string of the molecule is CCNC(=NCc1ccc(COC(C)C)cc1)NCCC(O)c1ccccc1.I. The smallest absolute Gasteiger partial charge is 0.191 e. The van der Waals surface area contributed by atoms with Crippen molar-refractivity contribution in [2.75, 3.05) is 13.1 Å². The van der Waals surface area contributed by atoms with E-state index >= 15 is 0 Å². The highest BCUT2D eigenvalue weighted by molar-refractivity contribution is 14.0. The van der Waals surface area contributed by atoms with Gasteiger partial charge in [0.15, 0.2) is 5.96 Å². The van der Waals surface area contributed by atoms with Crippen LogP contribution in [0.1, 0.15) is 50.0 Å². The van der Waals surface area contributed by atoms with Gasteiger partial charge in [0.1, 0.15) is 0 Å². The third-order valence-electron chi connectivity index (χ3n) is 4.26. The van der Waals surface area contributed by atoms with E-state index < -0.39 is 6.10 Å². The molecular formula is C23H34IN3O2. The van der Waals surface area contributed by atoms with Crippen molar-refractivity contribution in [3.63, 3.8) is 0 Å². The standard InChI is InChI=1S/C23H33N3O2.HI/c1-4-24-23(25-15-14-22(27)21-8-6-5-7-9-21)26-16-19-10-12-20(13-11-19)17-28-18(2)3;/h5-13,18,22,27H,4,14-17H2,1-3H3,(H2,24,25,26);1H. The van der Waals surface area contributed by atoms with Gasteiger partial charge in [0, 0.05) is 13.1 Å². The number of aliphatic hydroxyl groups is 1. The summed E-state index contributed by atoms with van der Waals surface area (Å²) < 4.78 is 5.63. The molecule has 0 amide bonds. The Labute approximate surface area is 192 Å². The average Bonchev–Trinajstić information content (AvgIpc) is 2.71. The maximum atomic E-state index is 10.3. The molecule has 0 saturated heterocycles. The third kappa shape index (κ3) is 10.1. The second-order valence-electron chi connectivity index (χ2n) is 7.01. The Morgan fingerprint density at radius 1 is 1.00 bits per heavy atom. The van der Waals surface area contributed by atoms with E-state index in [-0.39, 0.29) is 30.1 Å². The number of benzene rings is 2. The van der Waals surface area contributed by atoms with Crippen LogP contribution in [0.25, 0.3) is 0 Å². The number of ether oxygens (including phenoxy) is 1. The van der Waals surface area contributed by atoms with E-state index in [1.165, 1.54) is 5.56 Å². The minimum atomic E-state index is -0.475. The number of halogens is 1. The van der Waals surface area contributed by atoms with E-state index in [1.807, 2.05) is 51.1 Å². The summed E-state index contributed by atoms with van der Waals surface area (Å²) in [5, 5.41) is 16.8. The molecule has 0 aromatic heterocycles. The lowest BCUT2D eigenvalue weighted by Crippen LogP contribution is -2.38. The summed E-state index contributed by atoms with van der Waals surface area (Å²) in [6.07, 6.45) is 0.384. The van der Waals surface area contributed by atoms with Crippen LogP contribution in [0.4, 0.5) is 0 Å². The first-order valence-electron chi connectivity index (χ1n) is 10.0. The molecule has 0 bridgehead atoms. The fourth-order valence-electron chi connectivity index (χ4n) is 2.69. The van der Waals surface area contributed by atoms with Gasteiger partial charge in [-0.2, -0.15) is 0 Å². The summed E-state index contributed by atoms with van der Waals surface area (Å²) in [4.78, 5) is 4.64. The van der Waals surface area contributed by atoms with Gasteiger partial charge in [-0.25, -0.2) is 4.99 Å². The van der Waals surface area contributed by atoms with Gasteiger partial charge in [-0.05, 0) is 43.9 Å². The Balaban J connectivity index is 0.00000420. The van der Waals surface area contributed by atoms with Crippen LogP contribution in [0.15, 0.2) is 59.6 Å². The van der Waals surface area contributed by atoms with E-state index in [0.29, 0.717) is 26.1 Å². The Morgan fingerprint density at radius 3 is 2.28 bits per heavy atom. The van der Waals surface area contributed by atoms with Crippen molar-refractivity contribution in [1.82, 2.24) is 10.6 Å². The van der Waals surface area contributed by atoms with Crippen LogP contribution in [-0.2, 0) is 17.9 Å². The summed E-state index contributed by atoms with van der Waals surface area (Å²) in [6.45, 7) is 8.79. The molecule has 160 valence electrons. The molecule has 1 unspecified atom stereocenters. The van der Waals surface area contributed by atoms with Crippen LogP contribution in [0, 0.1) is 0 Å². The second-order valence-corrected chi connectivity index (χ2v) is 7.01. The molecule has 3 N–H and O–H groups in total. The van der Waals surface area contributed by atoms with Crippen molar-refractivity contribution in [2.24, 2.45) is 4.99 Å². The zero-order valence-corrected chi connectivity index (χ0v) is 19.9. The molecule has 0 heterocycles. The quantitative estimate of drug-likeness (QED) is 0.251. The lowest BCUT2D eigenvalue weighted by Gasteiger charge is -2.14. The van der Waals surface area contributed by atoms with Crippen LogP contribution in [0.3, 0.4) is 0 Å². The summed E-state index contributed by atoms with van der Waals surface area (Å²) in [7, 11) is 0. The molecule has 2 aromatic carbocycles. The molecule has 2 rings (SSSR count). The van der Waals surface area contributed by atoms with Gasteiger partial charge < -0.3 is 20.5 Å². The van der Waals surface area contributed by atoms with Gasteiger partial charge >= 0.3 is 0 Å². The lowest BCUT2D eigenvalue weighted by molar-refractivity contribution is 0.0657. The summed E-state index contributed by atoms with van der Waals surface area (Å²) in [6, 6.07) is 18.1. The first-order valence-corrected chi connectivity index (χ1v) is 10.0. The number of rotatable bonds is 10. The van der Waals surface area contributed by atoms with Gasteiger partial charge in [-0.15, -0.1) is 24.0 Å². The van der Waals surface area contributed by atoms with Crippen LogP contribution in [0.2, 0.25) is 0 Å². The molecule has 0 radical (unpaired) electrons. The highest BCUT2D eigenvalue weighted by Gasteiger charge is 2.07. The molecule has 5 nitrogen and oxygen atoms in total. The fourth-order valence-corrected chi connectivity index (χ4v) is 2.69. The maximum Gasteiger partial charge on any atom is 0.191 e. The van der Waals surface area contributed by atoms with E-state index in [9.17, 15) is 5.11 Å². The van der Waals surface area contributed by atoms with Crippen molar-refractivity contribution in [1.29, 1.82) is 0 Å². The van der Waals surface area contributed by atoms with Crippen molar-refractivity contribution in [2.45, 2.75) is 52.6 Å². The topological polar surface area (TPSA) is 65.9 Å². The minimum absolute atomic E-state index is 0. The lowest BCUT2D eigenvalue weighted by atomic mass is 10.1. The molecule has 0 aliphatic carbocycles. The van der Waals surface area contributed by atoms with Gasteiger partial charge in [0.05, 0.1) is 25.4 Å². The van der Waals surface area contributed by atoms with Crippen molar-refractivity contribution < 1.29 is 9.84 Å². The molecular weight excluding hydrogens is 477 g/mol. The van der Waals surface area contributed by atoms with E-state index in [2.05, 4.69) is 39.9 Å². The predicted octanol–water partition coefficient (Wildman–Crippen LogP) is 4.41. The summed E-state index contributed by atoms with van der Waals surface area (Å²) >= 11 is 0. The number of hydrogen-bond acceptors (Lipinski definition) is 3. The van der Waals surface area contributed by atoms with E-state index in [4.69, 9.17) is 4.74 Å². The number of hydrogen-bond donors (Lipinski definition) is 3. The molecule has 0 aliphatic rings. The van der Waals surface area contributed by atoms with Crippen LogP contribution in [-0.4, -0.2) is 30.3 Å². The van der Waals surface area contributed by atoms with Crippen LogP contribution in [0.5, 0.6) is 0 Å². The molecule has 0 fully saturated rings. The maximum absolute atomic E-state index is 10.3. The Kier molecular flexibility index (Phi) is 12.6. The van der Waals surface area contributed by atoms with Crippen molar-refractivity contribution in [3.8, 4) is 0 Å².